The molecule has 5 heteroatoms. The molecule has 1 aromatic carbocycles. The molecular weight excluding hydrogens is 233 g/mol. The molecule has 3 nitrogen and oxygen atoms in total. The van der Waals surface area contributed by atoms with Gasteiger partial charge < -0.3 is 5.43 Å². The van der Waals surface area contributed by atoms with E-state index >= 15 is 0 Å². The van der Waals surface area contributed by atoms with Crippen LogP contribution in [0, 0.1) is 6.92 Å². The Bertz CT molecular complexity index is 526. The number of aryl methyl sites for hydroxylation is 1. The fourth-order valence-corrected chi connectivity index (χ4v) is 1.95. The zero-order chi connectivity index (χ0) is 11.0. The number of hydrazine groups is 1. The van der Waals surface area contributed by atoms with Crippen LogP contribution in [0.5, 0.6) is 0 Å². The van der Waals surface area contributed by atoms with Gasteiger partial charge in [0, 0.05) is 5.39 Å². The number of hydrogen-bond acceptors (Lipinski definition) is 3. The van der Waals surface area contributed by atoms with Gasteiger partial charge in [-0.2, -0.15) is 0 Å². The maximum Gasteiger partial charge on any atom is 0.140 e. The van der Waals surface area contributed by atoms with E-state index in [0.717, 1.165) is 10.9 Å². The molecule has 0 saturated heterocycles. The van der Waals surface area contributed by atoms with Gasteiger partial charge in [-0.1, -0.05) is 23.2 Å². The Labute approximate surface area is 97.2 Å². The Kier molecular flexibility index (Phi) is 2.69. The fraction of sp³-hybridized carbons (Fsp3) is 0.100. The van der Waals surface area contributed by atoms with Crippen molar-refractivity contribution >= 4 is 39.9 Å². The molecule has 0 aliphatic carbocycles. The van der Waals surface area contributed by atoms with Crippen LogP contribution in [0.2, 0.25) is 10.0 Å². The molecule has 0 fully saturated rings. The number of pyridine rings is 1. The van der Waals surface area contributed by atoms with Crippen molar-refractivity contribution in [1.29, 1.82) is 0 Å². The zero-order valence-corrected chi connectivity index (χ0v) is 9.52. The van der Waals surface area contributed by atoms with Crippen molar-refractivity contribution in [3.63, 3.8) is 0 Å². The van der Waals surface area contributed by atoms with Crippen molar-refractivity contribution in [2.24, 2.45) is 5.84 Å². The lowest BCUT2D eigenvalue weighted by atomic mass is 10.1. The second kappa shape index (κ2) is 3.85. The molecule has 0 radical (unpaired) electrons. The second-order valence-electron chi connectivity index (χ2n) is 3.23. The first-order chi connectivity index (χ1) is 7.13. The molecule has 0 aliphatic rings. The lowest BCUT2D eigenvalue weighted by Crippen LogP contribution is -2.08. The number of fused-ring (bicyclic) bond motifs is 1. The van der Waals surface area contributed by atoms with Crippen LogP contribution in [0.4, 0.5) is 5.82 Å². The third-order valence-electron chi connectivity index (χ3n) is 2.20. The summed E-state index contributed by atoms with van der Waals surface area (Å²) in [6.07, 6.45) is 0. The maximum absolute atomic E-state index is 6.14. The monoisotopic (exact) mass is 241 g/mol. The number of nitrogens with two attached hydrogens (primary N) is 1. The van der Waals surface area contributed by atoms with Crippen LogP contribution < -0.4 is 11.3 Å². The summed E-state index contributed by atoms with van der Waals surface area (Å²) in [7, 11) is 0. The van der Waals surface area contributed by atoms with Crippen molar-refractivity contribution in [2.45, 2.75) is 6.92 Å². The number of hydrogen-bond donors (Lipinski definition) is 2. The molecule has 0 saturated carbocycles. The van der Waals surface area contributed by atoms with Crippen molar-refractivity contribution in [3.8, 4) is 0 Å². The SMILES string of the molecule is Cc1cc(Cl)c2nc(NN)ccc2c1Cl. The molecule has 0 unspecified atom stereocenters. The van der Waals surface area contributed by atoms with E-state index in [2.05, 4.69) is 10.4 Å². The Hall–Kier alpha value is -1.03. The number of anilines is 1. The molecule has 3 N–H and O–H groups in total. The third-order valence-corrected chi connectivity index (χ3v) is 2.99. The lowest BCUT2D eigenvalue weighted by molar-refractivity contribution is 1.26. The highest BCUT2D eigenvalue weighted by molar-refractivity contribution is 6.40. The van der Waals surface area contributed by atoms with Crippen LogP contribution in [0.1, 0.15) is 5.56 Å². The van der Waals surface area contributed by atoms with Crippen LogP contribution >= 0.6 is 23.2 Å². The molecule has 78 valence electrons. The minimum absolute atomic E-state index is 0.560. The molecule has 2 rings (SSSR count). The van der Waals surface area contributed by atoms with E-state index < -0.39 is 0 Å². The van der Waals surface area contributed by atoms with Crippen molar-refractivity contribution in [1.82, 2.24) is 4.98 Å². The van der Waals surface area contributed by atoms with Gasteiger partial charge in [0.05, 0.1) is 15.6 Å². The number of aromatic nitrogens is 1. The minimum Gasteiger partial charge on any atom is -0.308 e. The van der Waals surface area contributed by atoms with Crippen LogP contribution in [0.25, 0.3) is 10.9 Å². The van der Waals surface area contributed by atoms with Gasteiger partial charge in [0.1, 0.15) is 5.82 Å². The summed E-state index contributed by atoms with van der Waals surface area (Å²) in [5, 5.41) is 2.08. The quantitative estimate of drug-likeness (QED) is 0.596. The normalized spacial score (nSPS) is 10.7. The first-order valence-corrected chi connectivity index (χ1v) is 5.11. The average Bonchev–Trinajstić information content (AvgIpc) is 2.25. The van der Waals surface area contributed by atoms with Gasteiger partial charge in [0.15, 0.2) is 0 Å². The van der Waals surface area contributed by atoms with Crippen LogP contribution in [0.3, 0.4) is 0 Å². The molecule has 0 spiro atoms. The van der Waals surface area contributed by atoms with Gasteiger partial charge in [-0.3, -0.25) is 0 Å². The van der Waals surface area contributed by atoms with E-state index in [1.165, 1.54) is 0 Å². The van der Waals surface area contributed by atoms with Gasteiger partial charge in [-0.05, 0) is 30.7 Å². The zero-order valence-electron chi connectivity index (χ0n) is 8.01. The number of halogens is 2. The molecule has 0 amide bonds. The van der Waals surface area contributed by atoms with Gasteiger partial charge >= 0.3 is 0 Å². The smallest absolute Gasteiger partial charge is 0.140 e. The molecule has 15 heavy (non-hydrogen) atoms. The number of nitrogens with one attached hydrogen (secondary N) is 1. The molecule has 0 aliphatic heterocycles. The van der Waals surface area contributed by atoms with E-state index in [1.54, 1.807) is 12.1 Å². The highest BCUT2D eigenvalue weighted by atomic mass is 35.5. The fourth-order valence-electron chi connectivity index (χ4n) is 1.43. The highest BCUT2D eigenvalue weighted by Gasteiger charge is 2.08. The van der Waals surface area contributed by atoms with E-state index in [9.17, 15) is 0 Å². The summed E-state index contributed by atoms with van der Waals surface area (Å²) >= 11 is 12.2. The summed E-state index contributed by atoms with van der Waals surface area (Å²) in [6.45, 7) is 1.91. The minimum atomic E-state index is 0.560. The Morgan fingerprint density at radius 1 is 1.33 bits per heavy atom. The molecular formula is C10H9Cl2N3. The predicted molar refractivity (Wildman–Crippen MR) is 64.3 cm³/mol. The molecule has 0 atom stereocenters. The first kappa shape index (κ1) is 10.5. The predicted octanol–water partition coefficient (Wildman–Crippen LogP) is 3.14. The molecule has 0 bridgehead atoms. The summed E-state index contributed by atoms with van der Waals surface area (Å²) in [4.78, 5) is 4.24. The van der Waals surface area contributed by atoms with Gasteiger partial charge in [0.25, 0.3) is 0 Å². The lowest BCUT2D eigenvalue weighted by Gasteiger charge is -2.07. The van der Waals surface area contributed by atoms with Crippen LogP contribution in [-0.4, -0.2) is 4.98 Å². The highest BCUT2D eigenvalue weighted by Crippen LogP contribution is 2.32. The van der Waals surface area contributed by atoms with E-state index in [-0.39, 0.29) is 0 Å². The largest absolute Gasteiger partial charge is 0.308 e. The van der Waals surface area contributed by atoms with E-state index in [4.69, 9.17) is 29.0 Å². The van der Waals surface area contributed by atoms with Gasteiger partial charge in [-0.25, -0.2) is 10.8 Å². The van der Waals surface area contributed by atoms with Crippen molar-refractivity contribution in [2.75, 3.05) is 5.43 Å². The Balaban J connectivity index is 2.84. The standard InChI is InChI=1S/C10H9Cl2N3/c1-5-4-7(11)10-6(9(5)12)2-3-8(14-10)15-13/h2-4H,13H2,1H3,(H,14,15). The Morgan fingerprint density at radius 3 is 2.73 bits per heavy atom. The summed E-state index contributed by atoms with van der Waals surface area (Å²) in [5.74, 6) is 5.83. The first-order valence-electron chi connectivity index (χ1n) is 4.35. The van der Waals surface area contributed by atoms with Gasteiger partial charge in [0.2, 0.25) is 0 Å². The third kappa shape index (κ3) is 1.74. The van der Waals surface area contributed by atoms with Crippen LogP contribution in [0.15, 0.2) is 18.2 Å². The van der Waals surface area contributed by atoms with E-state index in [1.807, 2.05) is 13.0 Å². The maximum atomic E-state index is 6.14. The second-order valence-corrected chi connectivity index (χ2v) is 4.01. The number of nitrogens with zero attached hydrogens (tertiary/aromatic N) is 1. The molecule has 1 aromatic heterocycles. The number of rotatable bonds is 1. The summed E-state index contributed by atoms with van der Waals surface area (Å²) < 4.78 is 0. The van der Waals surface area contributed by atoms with Crippen molar-refractivity contribution < 1.29 is 0 Å². The number of nitrogen functional groups attached to an aromatic ring is 1. The van der Waals surface area contributed by atoms with E-state index in [0.29, 0.717) is 21.4 Å². The number of benzene rings is 1. The Morgan fingerprint density at radius 2 is 2.07 bits per heavy atom. The average molecular weight is 242 g/mol. The summed E-state index contributed by atoms with van der Waals surface area (Å²) in [6, 6.07) is 5.39. The van der Waals surface area contributed by atoms with Crippen LogP contribution in [-0.2, 0) is 0 Å². The summed E-state index contributed by atoms with van der Waals surface area (Å²) in [5.41, 5.74) is 4.06. The molecule has 2 aromatic rings. The van der Waals surface area contributed by atoms with Gasteiger partial charge in [-0.15, -0.1) is 0 Å². The molecule has 1 heterocycles. The van der Waals surface area contributed by atoms with Crippen molar-refractivity contribution in [3.05, 3.63) is 33.8 Å². The topological polar surface area (TPSA) is 50.9 Å².